The molecule has 1 aliphatic heterocycles. The summed E-state index contributed by atoms with van der Waals surface area (Å²) in [5.74, 6) is 0.512. The molecule has 3 aromatic rings. The zero-order chi connectivity index (χ0) is 25.9. The molecule has 0 spiro atoms. The molecule has 2 atom stereocenters. The summed E-state index contributed by atoms with van der Waals surface area (Å²) in [6.07, 6.45) is -0.820. The van der Waals surface area contributed by atoms with E-state index < -0.39 is 24.2 Å². The number of hydrogen-bond acceptors (Lipinski definition) is 7. The molecule has 0 saturated heterocycles. The van der Waals surface area contributed by atoms with Gasteiger partial charge in [-0.25, -0.2) is 4.79 Å². The van der Waals surface area contributed by atoms with Crippen LogP contribution < -0.4 is 14.8 Å². The second-order valence-electron chi connectivity index (χ2n) is 8.37. The van der Waals surface area contributed by atoms with Crippen molar-refractivity contribution in [3.8, 4) is 11.5 Å². The van der Waals surface area contributed by atoms with Gasteiger partial charge in [-0.2, -0.15) is 0 Å². The predicted octanol–water partition coefficient (Wildman–Crippen LogP) is 5.08. The van der Waals surface area contributed by atoms with Crippen molar-refractivity contribution >= 4 is 23.8 Å². The van der Waals surface area contributed by atoms with Gasteiger partial charge in [-0.15, -0.1) is 11.8 Å². The molecule has 0 unspecified atom stereocenters. The number of aliphatic carboxylic acids is 1. The fraction of sp³-hybridized carbons (Fsp3) is 0.286. The SMILES string of the molecule is O=C(O)C[C@H](NC(=O)O[C@@H](COCCc1ccccc1)CSc1ccccc1)c1ccc2c(c1)OCO2. The zero-order valence-electron chi connectivity index (χ0n) is 20.2. The van der Waals surface area contributed by atoms with E-state index in [4.69, 9.17) is 18.9 Å². The molecule has 0 fully saturated rings. The largest absolute Gasteiger partial charge is 0.481 e. The van der Waals surface area contributed by atoms with Crippen molar-refractivity contribution in [3.05, 3.63) is 90.0 Å². The number of benzene rings is 3. The van der Waals surface area contributed by atoms with Crippen LogP contribution in [0.3, 0.4) is 0 Å². The molecule has 4 rings (SSSR count). The number of rotatable bonds is 13. The standard InChI is InChI=1S/C28H29NO7S/c30-27(31)16-24(21-11-12-25-26(15-21)35-19-34-25)29-28(32)36-22(18-37-23-9-5-2-6-10-23)17-33-14-13-20-7-3-1-4-8-20/h1-12,15,22,24H,13-14,16-19H2,(H,29,32)(H,30,31)/t22-,24-/m0/s1. The zero-order valence-corrected chi connectivity index (χ0v) is 21.0. The molecule has 3 aromatic carbocycles. The summed E-state index contributed by atoms with van der Waals surface area (Å²) < 4.78 is 22.3. The van der Waals surface area contributed by atoms with Crippen LogP contribution in [0.15, 0.2) is 83.8 Å². The summed E-state index contributed by atoms with van der Waals surface area (Å²) in [6.45, 7) is 0.803. The van der Waals surface area contributed by atoms with Crippen molar-refractivity contribution in [2.75, 3.05) is 25.8 Å². The summed E-state index contributed by atoms with van der Waals surface area (Å²) in [5.41, 5.74) is 1.74. The van der Waals surface area contributed by atoms with E-state index in [2.05, 4.69) is 5.32 Å². The van der Waals surface area contributed by atoms with Gasteiger partial charge >= 0.3 is 12.1 Å². The van der Waals surface area contributed by atoms with E-state index in [1.165, 1.54) is 0 Å². The van der Waals surface area contributed by atoms with Gasteiger partial charge in [-0.05, 0) is 41.8 Å². The fourth-order valence-electron chi connectivity index (χ4n) is 3.76. The van der Waals surface area contributed by atoms with E-state index >= 15 is 0 Å². The van der Waals surface area contributed by atoms with Crippen LogP contribution in [0.1, 0.15) is 23.6 Å². The lowest BCUT2D eigenvalue weighted by Crippen LogP contribution is -2.36. The quantitative estimate of drug-likeness (QED) is 0.236. The molecular formula is C28H29NO7S. The number of thioether (sulfide) groups is 1. The Morgan fingerprint density at radius 1 is 0.973 bits per heavy atom. The number of carbonyl (C=O) groups is 2. The lowest BCUT2D eigenvalue weighted by atomic mass is 10.0. The lowest BCUT2D eigenvalue weighted by Gasteiger charge is -2.22. The second-order valence-corrected chi connectivity index (χ2v) is 9.46. The Morgan fingerprint density at radius 2 is 1.70 bits per heavy atom. The van der Waals surface area contributed by atoms with Crippen molar-refractivity contribution in [1.82, 2.24) is 5.32 Å². The Bertz CT molecular complexity index is 1160. The van der Waals surface area contributed by atoms with E-state index in [9.17, 15) is 14.7 Å². The van der Waals surface area contributed by atoms with Crippen LogP contribution in [0.5, 0.6) is 11.5 Å². The molecule has 1 heterocycles. The maximum Gasteiger partial charge on any atom is 0.408 e. The molecular weight excluding hydrogens is 494 g/mol. The van der Waals surface area contributed by atoms with Gasteiger partial charge in [-0.3, -0.25) is 4.79 Å². The average Bonchev–Trinajstić information content (AvgIpc) is 3.38. The maximum absolute atomic E-state index is 12.9. The Hall–Kier alpha value is -3.69. The van der Waals surface area contributed by atoms with Crippen molar-refractivity contribution in [2.45, 2.75) is 29.9 Å². The molecule has 0 aromatic heterocycles. The van der Waals surface area contributed by atoms with Crippen molar-refractivity contribution in [3.63, 3.8) is 0 Å². The van der Waals surface area contributed by atoms with E-state index in [-0.39, 0.29) is 19.8 Å². The van der Waals surface area contributed by atoms with Crippen molar-refractivity contribution < 1.29 is 33.6 Å². The van der Waals surface area contributed by atoms with Gasteiger partial charge in [0.25, 0.3) is 0 Å². The molecule has 0 radical (unpaired) electrons. The molecule has 9 heteroatoms. The number of nitrogens with one attached hydrogen (secondary N) is 1. The van der Waals surface area contributed by atoms with Crippen LogP contribution in [-0.2, 0) is 20.7 Å². The molecule has 0 aliphatic carbocycles. The molecule has 8 nitrogen and oxygen atoms in total. The van der Waals surface area contributed by atoms with E-state index in [0.717, 1.165) is 16.9 Å². The molecule has 1 amide bonds. The number of alkyl carbamates (subject to hydrolysis) is 1. The minimum absolute atomic E-state index is 0.100. The first-order valence-electron chi connectivity index (χ1n) is 11.9. The maximum atomic E-state index is 12.9. The fourth-order valence-corrected chi connectivity index (χ4v) is 4.65. The third-order valence-electron chi connectivity index (χ3n) is 5.60. The highest BCUT2D eigenvalue weighted by Gasteiger charge is 2.24. The monoisotopic (exact) mass is 523 g/mol. The molecule has 37 heavy (non-hydrogen) atoms. The third-order valence-corrected chi connectivity index (χ3v) is 6.75. The summed E-state index contributed by atoms with van der Waals surface area (Å²) >= 11 is 1.55. The van der Waals surface area contributed by atoms with Gasteiger partial charge in [0.15, 0.2) is 11.5 Å². The third kappa shape index (κ3) is 8.44. The molecule has 194 valence electrons. The Labute approximate surface area is 219 Å². The molecule has 0 bridgehead atoms. The first kappa shape index (κ1) is 26.4. The number of carboxylic acid groups (broad SMARTS) is 1. The first-order chi connectivity index (χ1) is 18.1. The van der Waals surface area contributed by atoms with E-state index in [1.807, 2.05) is 60.7 Å². The number of hydrogen-bond donors (Lipinski definition) is 2. The predicted molar refractivity (Wildman–Crippen MR) is 139 cm³/mol. The summed E-state index contributed by atoms with van der Waals surface area (Å²) in [6, 6.07) is 24.1. The molecule has 2 N–H and O–H groups in total. The van der Waals surface area contributed by atoms with Crippen LogP contribution in [0.2, 0.25) is 0 Å². The minimum Gasteiger partial charge on any atom is -0.481 e. The normalized spacial score (nSPS) is 13.5. The molecule has 0 saturated carbocycles. The number of ether oxygens (including phenoxy) is 4. The van der Waals surface area contributed by atoms with Crippen LogP contribution >= 0.6 is 11.8 Å². The van der Waals surface area contributed by atoms with Crippen molar-refractivity contribution in [2.24, 2.45) is 0 Å². The second kappa shape index (κ2) is 13.6. The Morgan fingerprint density at radius 3 is 2.46 bits per heavy atom. The molecule has 1 aliphatic rings. The van der Waals surface area contributed by atoms with E-state index in [1.54, 1.807) is 30.0 Å². The topological polar surface area (TPSA) is 103 Å². The average molecular weight is 524 g/mol. The van der Waals surface area contributed by atoms with Crippen LogP contribution in [-0.4, -0.2) is 49.0 Å². The lowest BCUT2D eigenvalue weighted by molar-refractivity contribution is -0.137. The van der Waals surface area contributed by atoms with Gasteiger partial charge in [0.05, 0.1) is 25.7 Å². The van der Waals surface area contributed by atoms with Crippen LogP contribution in [0, 0.1) is 0 Å². The highest BCUT2D eigenvalue weighted by molar-refractivity contribution is 7.99. The van der Waals surface area contributed by atoms with Crippen molar-refractivity contribution in [1.29, 1.82) is 0 Å². The van der Waals surface area contributed by atoms with Gasteiger partial charge < -0.3 is 29.4 Å². The number of amides is 1. The van der Waals surface area contributed by atoms with Gasteiger partial charge in [-0.1, -0.05) is 54.6 Å². The van der Waals surface area contributed by atoms with Crippen LogP contribution in [0.4, 0.5) is 4.79 Å². The summed E-state index contributed by atoms with van der Waals surface area (Å²) in [5, 5.41) is 12.1. The summed E-state index contributed by atoms with van der Waals surface area (Å²) in [4.78, 5) is 25.4. The Balaban J connectivity index is 1.36. The number of carbonyl (C=O) groups excluding carboxylic acids is 1. The minimum atomic E-state index is -1.05. The van der Waals surface area contributed by atoms with Gasteiger partial charge in [0.2, 0.25) is 6.79 Å². The Kier molecular flexibility index (Phi) is 9.67. The highest BCUT2D eigenvalue weighted by atomic mass is 32.2. The van der Waals surface area contributed by atoms with Gasteiger partial charge in [0.1, 0.15) is 6.10 Å². The number of fused-ring (bicyclic) bond motifs is 1. The smallest absolute Gasteiger partial charge is 0.408 e. The first-order valence-corrected chi connectivity index (χ1v) is 12.9. The summed E-state index contributed by atoms with van der Waals surface area (Å²) in [7, 11) is 0. The van der Waals surface area contributed by atoms with Gasteiger partial charge in [0, 0.05) is 10.6 Å². The highest BCUT2D eigenvalue weighted by Crippen LogP contribution is 2.35. The number of carboxylic acids is 1. The van der Waals surface area contributed by atoms with E-state index in [0.29, 0.717) is 29.4 Å². The van der Waals surface area contributed by atoms with Crippen LogP contribution in [0.25, 0.3) is 0 Å².